The molecule has 2 heterocycles. The molecule has 1 amide bonds. The number of thioether (sulfide) groups is 2. The maximum Gasteiger partial charge on any atom is 0.226 e. The highest BCUT2D eigenvalue weighted by molar-refractivity contribution is 8.18. The molecule has 2 aromatic rings. The zero-order chi connectivity index (χ0) is 21.3. The van der Waals surface area contributed by atoms with Crippen molar-refractivity contribution in [2.75, 3.05) is 23.9 Å². The molecule has 2 aromatic carbocycles. The Hall–Kier alpha value is -1.98. The minimum Gasteiger partial charge on any atom is -0.341 e. The summed E-state index contributed by atoms with van der Waals surface area (Å²) in [6.45, 7) is 1.23. The van der Waals surface area contributed by atoms with Gasteiger partial charge in [0.25, 0.3) is 0 Å². The number of carbonyl (C=O) groups is 2. The summed E-state index contributed by atoms with van der Waals surface area (Å²) in [7, 11) is 0. The van der Waals surface area contributed by atoms with Gasteiger partial charge in [-0.25, -0.2) is 0 Å². The fourth-order valence-corrected chi connectivity index (χ4v) is 7.63. The molecule has 3 nitrogen and oxygen atoms in total. The molecule has 0 aromatic heterocycles. The first-order valence-electron chi connectivity index (χ1n) is 11.0. The summed E-state index contributed by atoms with van der Waals surface area (Å²) in [6, 6.07) is 21.3. The minimum absolute atomic E-state index is 0.0813. The third-order valence-corrected chi connectivity index (χ3v) is 9.42. The number of hydrogen-bond acceptors (Lipinski definition) is 4. The molecule has 31 heavy (non-hydrogen) atoms. The van der Waals surface area contributed by atoms with Gasteiger partial charge < -0.3 is 4.90 Å². The highest BCUT2D eigenvalue weighted by atomic mass is 32.2. The van der Waals surface area contributed by atoms with Crippen LogP contribution in [-0.4, -0.2) is 40.5 Å². The molecule has 0 N–H and O–H groups in total. The van der Waals surface area contributed by atoms with Crippen molar-refractivity contribution in [2.45, 2.75) is 24.7 Å². The molecule has 0 bridgehead atoms. The van der Waals surface area contributed by atoms with Gasteiger partial charge >= 0.3 is 0 Å². The zero-order valence-electron chi connectivity index (χ0n) is 17.5. The Kier molecular flexibility index (Phi) is 5.98. The van der Waals surface area contributed by atoms with Crippen LogP contribution in [0.5, 0.6) is 0 Å². The Balaban J connectivity index is 1.50. The molecule has 3 aliphatic rings. The summed E-state index contributed by atoms with van der Waals surface area (Å²) in [4.78, 5) is 28.2. The molecule has 2 unspecified atom stereocenters. The van der Waals surface area contributed by atoms with Crippen LogP contribution in [0.25, 0.3) is 0 Å². The van der Waals surface area contributed by atoms with Crippen LogP contribution in [0.15, 0.2) is 71.6 Å². The van der Waals surface area contributed by atoms with Crippen LogP contribution in [0.2, 0.25) is 0 Å². The molecule has 5 heteroatoms. The predicted molar refractivity (Wildman–Crippen MR) is 129 cm³/mol. The van der Waals surface area contributed by atoms with Gasteiger partial charge in [0.2, 0.25) is 5.91 Å². The molecule has 1 saturated heterocycles. The van der Waals surface area contributed by atoms with Crippen LogP contribution < -0.4 is 0 Å². The molecule has 0 spiro atoms. The number of likely N-dealkylation sites (tertiary alicyclic amines) is 1. The van der Waals surface area contributed by atoms with Crippen LogP contribution in [0.4, 0.5) is 0 Å². The van der Waals surface area contributed by atoms with Gasteiger partial charge in [0.15, 0.2) is 0 Å². The minimum atomic E-state index is -0.230. The lowest BCUT2D eigenvalue weighted by Crippen LogP contribution is -2.47. The van der Waals surface area contributed by atoms with Crippen molar-refractivity contribution in [3.8, 4) is 0 Å². The molecule has 160 valence electrons. The van der Waals surface area contributed by atoms with E-state index in [9.17, 15) is 9.59 Å². The second-order valence-electron chi connectivity index (χ2n) is 8.77. The predicted octanol–water partition coefficient (Wildman–Crippen LogP) is 5.12. The lowest BCUT2D eigenvalue weighted by atomic mass is 9.56. The number of carbonyl (C=O) groups excluding carboxylic acids is 2. The summed E-state index contributed by atoms with van der Waals surface area (Å²) in [6.07, 6.45) is 1.87. The average Bonchev–Trinajstić information content (AvgIpc) is 3.29. The molecule has 2 aliphatic heterocycles. The molecule has 1 aliphatic carbocycles. The number of amides is 1. The second kappa shape index (κ2) is 8.87. The number of benzene rings is 2. The van der Waals surface area contributed by atoms with Gasteiger partial charge in [-0.05, 0) is 28.5 Å². The topological polar surface area (TPSA) is 37.4 Å². The lowest BCUT2D eigenvalue weighted by Gasteiger charge is -2.45. The number of Topliss-reactive ketones (excluding diaryl/α,β-unsaturated/α-hetero) is 1. The number of ketones is 1. The lowest BCUT2D eigenvalue weighted by molar-refractivity contribution is -0.129. The number of fused-ring (bicyclic) bond motifs is 1. The van der Waals surface area contributed by atoms with Crippen LogP contribution in [0.1, 0.15) is 30.4 Å². The van der Waals surface area contributed by atoms with Gasteiger partial charge in [0, 0.05) is 54.0 Å². The Morgan fingerprint density at radius 2 is 1.68 bits per heavy atom. The Labute approximate surface area is 192 Å². The smallest absolute Gasteiger partial charge is 0.226 e. The maximum atomic E-state index is 13.2. The van der Waals surface area contributed by atoms with E-state index in [0.29, 0.717) is 31.7 Å². The molecule has 2 fully saturated rings. The summed E-state index contributed by atoms with van der Waals surface area (Å²) in [5.74, 6) is 1.47. The maximum absolute atomic E-state index is 13.2. The van der Waals surface area contributed by atoms with Crippen LogP contribution in [0, 0.1) is 11.8 Å². The third kappa shape index (κ3) is 3.87. The zero-order valence-corrected chi connectivity index (χ0v) is 19.2. The van der Waals surface area contributed by atoms with Crippen molar-refractivity contribution >= 4 is 35.2 Å². The summed E-state index contributed by atoms with van der Waals surface area (Å²) in [5.41, 5.74) is 3.51. The average molecular weight is 450 g/mol. The van der Waals surface area contributed by atoms with Crippen molar-refractivity contribution in [1.29, 1.82) is 0 Å². The second-order valence-corrected chi connectivity index (χ2v) is 11.0. The van der Waals surface area contributed by atoms with Crippen molar-refractivity contribution in [3.05, 3.63) is 82.8 Å². The van der Waals surface area contributed by atoms with Gasteiger partial charge in [-0.2, -0.15) is 0 Å². The largest absolute Gasteiger partial charge is 0.341 e. The fourth-order valence-electron chi connectivity index (χ4n) is 5.68. The monoisotopic (exact) mass is 449 g/mol. The molecule has 1 saturated carbocycles. The Morgan fingerprint density at radius 3 is 2.29 bits per heavy atom. The van der Waals surface area contributed by atoms with Gasteiger partial charge in [-0.1, -0.05) is 60.7 Å². The standard InChI is InChI=1S/C26H27NO2S2/c28-24-11-12-26(20-7-3-1-4-8-20,21-9-5-2-6-10-21)23-15-27(14-22(23)24)25(29)13-19-16-30-18-31-17-19/h1-10,16,22-23H,11-15,17-18H2. The quantitative estimate of drug-likeness (QED) is 0.649. The Morgan fingerprint density at radius 1 is 1.00 bits per heavy atom. The first-order chi connectivity index (χ1) is 15.2. The molecule has 2 atom stereocenters. The SMILES string of the molecule is O=C1CCC(c2ccccc2)(c2ccccc2)C2CN(C(=O)CC3=CSCSC3)CC12. The molecule has 0 radical (unpaired) electrons. The van der Waals surface area contributed by atoms with E-state index in [1.807, 2.05) is 28.8 Å². The van der Waals surface area contributed by atoms with E-state index >= 15 is 0 Å². The third-order valence-electron chi connectivity index (χ3n) is 7.13. The first-order valence-corrected chi connectivity index (χ1v) is 13.2. The van der Waals surface area contributed by atoms with Gasteiger partial charge in [-0.15, -0.1) is 23.5 Å². The van der Waals surface area contributed by atoms with E-state index in [-0.39, 0.29) is 23.2 Å². The van der Waals surface area contributed by atoms with Crippen molar-refractivity contribution in [2.24, 2.45) is 11.8 Å². The van der Waals surface area contributed by atoms with Crippen LogP contribution in [0.3, 0.4) is 0 Å². The fraction of sp³-hybridized carbons (Fsp3) is 0.385. The van der Waals surface area contributed by atoms with Crippen LogP contribution >= 0.6 is 23.5 Å². The van der Waals surface area contributed by atoms with E-state index in [4.69, 9.17) is 0 Å². The highest BCUT2D eigenvalue weighted by Gasteiger charge is 2.55. The number of hydrogen-bond donors (Lipinski definition) is 0. The van der Waals surface area contributed by atoms with Crippen molar-refractivity contribution in [3.63, 3.8) is 0 Å². The van der Waals surface area contributed by atoms with Crippen molar-refractivity contribution in [1.82, 2.24) is 4.90 Å². The molecular weight excluding hydrogens is 422 g/mol. The summed E-state index contributed by atoms with van der Waals surface area (Å²) < 4.78 is 0. The molecule has 5 rings (SSSR count). The van der Waals surface area contributed by atoms with Crippen molar-refractivity contribution < 1.29 is 9.59 Å². The van der Waals surface area contributed by atoms with E-state index in [0.717, 1.165) is 17.3 Å². The normalized spacial score (nSPS) is 25.1. The van der Waals surface area contributed by atoms with E-state index in [1.54, 1.807) is 11.8 Å². The van der Waals surface area contributed by atoms with Gasteiger partial charge in [0.1, 0.15) is 5.78 Å². The van der Waals surface area contributed by atoms with E-state index < -0.39 is 0 Å². The van der Waals surface area contributed by atoms with Gasteiger partial charge in [-0.3, -0.25) is 9.59 Å². The molecular formula is C26H27NO2S2. The van der Waals surface area contributed by atoms with E-state index in [1.165, 1.54) is 16.7 Å². The highest BCUT2D eigenvalue weighted by Crippen LogP contribution is 2.52. The van der Waals surface area contributed by atoms with Crippen LogP contribution in [-0.2, 0) is 15.0 Å². The first kappa shape index (κ1) is 20.9. The van der Waals surface area contributed by atoms with E-state index in [2.05, 4.69) is 53.9 Å². The number of rotatable bonds is 4. The van der Waals surface area contributed by atoms with Gasteiger partial charge in [0.05, 0.1) is 0 Å². The summed E-state index contributed by atoms with van der Waals surface area (Å²) in [5, 5.41) is 3.22. The number of nitrogens with zero attached hydrogens (tertiary/aromatic N) is 1. The Bertz CT molecular complexity index is 949. The summed E-state index contributed by atoms with van der Waals surface area (Å²) >= 11 is 3.65.